The molecule has 0 aliphatic carbocycles. The van der Waals surface area contributed by atoms with E-state index >= 15 is 0 Å². The van der Waals surface area contributed by atoms with Gasteiger partial charge in [0.15, 0.2) is 0 Å². The van der Waals surface area contributed by atoms with Gasteiger partial charge in [0.1, 0.15) is 4.32 Å². The molecule has 1 amide bonds. The van der Waals surface area contributed by atoms with Crippen molar-refractivity contribution in [1.82, 2.24) is 4.90 Å². The maximum Gasteiger partial charge on any atom is 0.266 e. The summed E-state index contributed by atoms with van der Waals surface area (Å²) in [5.41, 5.74) is 0.962. The largest absolute Gasteiger partial charge is 0.293 e. The summed E-state index contributed by atoms with van der Waals surface area (Å²) in [7, 11) is 0. The van der Waals surface area contributed by atoms with Crippen molar-refractivity contribution in [2.75, 3.05) is 6.54 Å². The molecule has 0 unspecified atom stereocenters. The predicted molar refractivity (Wildman–Crippen MR) is 90.9 cm³/mol. The number of thioether (sulfide) groups is 1. The first-order chi connectivity index (χ1) is 9.61. The second-order valence-corrected chi connectivity index (χ2v) is 6.70. The van der Waals surface area contributed by atoms with Crippen molar-refractivity contribution < 1.29 is 4.79 Å². The lowest BCUT2D eigenvalue weighted by molar-refractivity contribution is -0.122. The monoisotopic (exact) mass is 325 g/mol. The van der Waals surface area contributed by atoms with E-state index in [1.165, 1.54) is 11.8 Å². The maximum atomic E-state index is 12.3. The molecule has 1 aromatic rings. The first-order valence-corrected chi connectivity index (χ1v) is 8.23. The number of carbonyl (C=O) groups excluding carboxylic acids is 1. The summed E-state index contributed by atoms with van der Waals surface area (Å²) in [5, 5.41) is 0.689. The summed E-state index contributed by atoms with van der Waals surface area (Å²) in [6.45, 7) is 2.86. The van der Waals surface area contributed by atoms with Gasteiger partial charge < -0.3 is 0 Å². The van der Waals surface area contributed by atoms with Gasteiger partial charge >= 0.3 is 0 Å². The highest BCUT2D eigenvalue weighted by Gasteiger charge is 2.31. The molecule has 106 valence electrons. The highest BCUT2D eigenvalue weighted by atomic mass is 35.5. The molecular formula is C15H16ClNOS2. The van der Waals surface area contributed by atoms with E-state index in [0.29, 0.717) is 14.2 Å². The van der Waals surface area contributed by atoms with E-state index < -0.39 is 0 Å². The molecule has 2 rings (SSSR count). The fourth-order valence-electron chi connectivity index (χ4n) is 1.92. The van der Waals surface area contributed by atoms with E-state index in [-0.39, 0.29) is 5.91 Å². The Labute approximate surface area is 134 Å². The molecule has 20 heavy (non-hydrogen) atoms. The number of benzene rings is 1. The van der Waals surface area contributed by atoms with Gasteiger partial charge in [-0.25, -0.2) is 0 Å². The van der Waals surface area contributed by atoms with Crippen LogP contribution in [0.1, 0.15) is 31.7 Å². The van der Waals surface area contributed by atoms with Gasteiger partial charge in [0.2, 0.25) is 0 Å². The Morgan fingerprint density at radius 1 is 1.30 bits per heavy atom. The zero-order chi connectivity index (χ0) is 14.5. The number of hydrogen-bond acceptors (Lipinski definition) is 3. The Bertz CT molecular complexity index is 539. The second kappa shape index (κ2) is 7.25. The predicted octanol–water partition coefficient (Wildman–Crippen LogP) is 4.73. The number of thiocarbonyl (C=S) groups is 1. The van der Waals surface area contributed by atoms with Gasteiger partial charge in [0.25, 0.3) is 5.91 Å². The van der Waals surface area contributed by atoms with Gasteiger partial charge in [-0.15, -0.1) is 0 Å². The first-order valence-electron chi connectivity index (χ1n) is 6.62. The zero-order valence-electron chi connectivity index (χ0n) is 11.3. The standard InChI is InChI=1S/C15H16ClNOS2/c1-2-3-4-9-17-14(18)13(20-15(17)19)10-11-5-7-12(16)8-6-11/h5-8,10H,2-4,9H2,1H3/b13-10+. The Kier molecular flexibility index (Phi) is 5.64. The fraction of sp³-hybridized carbons (Fsp3) is 0.333. The minimum Gasteiger partial charge on any atom is -0.293 e. The Hall–Kier alpha value is -0.840. The third-order valence-corrected chi connectivity index (χ3v) is 4.66. The number of amides is 1. The third-order valence-electron chi connectivity index (χ3n) is 3.03. The summed E-state index contributed by atoms with van der Waals surface area (Å²) in [4.78, 5) is 14.7. The number of carbonyl (C=O) groups is 1. The summed E-state index contributed by atoms with van der Waals surface area (Å²) in [6.07, 6.45) is 5.12. The molecule has 0 saturated carbocycles. The molecule has 5 heteroatoms. The van der Waals surface area contributed by atoms with Gasteiger partial charge in [-0.05, 0) is 30.2 Å². The number of halogens is 1. The average molecular weight is 326 g/mol. The zero-order valence-corrected chi connectivity index (χ0v) is 13.7. The maximum absolute atomic E-state index is 12.3. The number of unbranched alkanes of at least 4 members (excludes halogenated alkanes) is 2. The lowest BCUT2D eigenvalue weighted by atomic mass is 10.2. The van der Waals surface area contributed by atoms with Crippen LogP contribution < -0.4 is 0 Å². The molecule has 1 heterocycles. The quantitative estimate of drug-likeness (QED) is 0.443. The van der Waals surface area contributed by atoms with Gasteiger partial charge in [-0.2, -0.15) is 0 Å². The summed E-state index contributed by atoms with van der Waals surface area (Å²) in [5.74, 6) is 0.0195. The molecule has 1 aliphatic heterocycles. The fourth-order valence-corrected chi connectivity index (χ4v) is 3.36. The summed E-state index contributed by atoms with van der Waals surface area (Å²) in [6, 6.07) is 7.42. The molecule has 1 saturated heterocycles. The third kappa shape index (κ3) is 3.84. The molecule has 0 radical (unpaired) electrons. The van der Waals surface area contributed by atoms with Crippen LogP contribution >= 0.6 is 35.6 Å². The summed E-state index contributed by atoms with van der Waals surface area (Å²) < 4.78 is 0.659. The Morgan fingerprint density at radius 2 is 2.00 bits per heavy atom. The van der Waals surface area contributed by atoms with E-state index in [9.17, 15) is 4.79 Å². The average Bonchev–Trinajstić information content (AvgIpc) is 2.69. The van der Waals surface area contributed by atoms with Crippen LogP contribution in [-0.4, -0.2) is 21.7 Å². The van der Waals surface area contributed by atoms with Gasteiger partial charge in [0.05, 0.1) is 4.91 Å². The van der Waals surface area contributed by atoms with Crippen LogP contribution in [0.25, 0.3) is 6.08 Å². The number of rotatable bonds is 5. The van der Waals surface area contributed by atoms with Crippen LogP contribution in [0.2, 0.25) is 5.02 Å². The number of nitrogens with zero attached hydrogens (tertiary/aromatic N) is 1. The highest BCUT2D eigenvalue weighted by Crippen LogP contribution is 2.32. The Balaban J connectivity index is 2.09. The summed E-state index contributed by atoms with van der Waals surface area (Å²) >= 11 is 12.5. The lowest BCUT2D eigenvalue weighted by Crippen LogP contribution is -2.28. The normalized spacial score (nSPS) is 17.3. The molecule has 2 nitrogen and oxygen atoms in total. The molecule has 0 N–H and O–H groups in total. The Morgan fingerprint density at radius 3 is 2.65 bits per heavy atom. The minimum absolute atomic E-state index is 0.0195. The van der Waals surface area contributed by atoms with Crippen molar-refractivity contribution in [3.63, 3.8) is 0 Å². The second-order valence-electron chi connectivity index (χ2n) is 4.59. The van der Waals surface area contributed by atoms with Crippen LogP contribution in [0, 0.1) is 0 Å². The van der Waals surface area contributed by atoms with Crippen molar-refractivity contribution in [1.29, 1.82) is 0 Å². The molecular weight excluding hydrogens is 310 g/mol. The molecule has 0 bridgehead atoms. The van der Waals surface area contributed by atoms with Crippen LogP contribution in [-0.2, 0) is 4.79 Å². The number of hydrogen-bond donors (Lipinski definition) is 0. The van der Waals surface area contributed by atoms with E-state index in [1.807, 2.05) is 30.3 Å². The molecule has 0 aromatic heterocycles. The van der Waals surface area contributed by atoms with Crippen LogP contribution in [0.15, 0.2) is 29.2 Å². The van der Waals surface area contributed by atoms with Crippen LogP contribution in [0.4, 0.5) is 0 Å². The van der Waals surface area contributed by atoms with Crippen molar-refractivity contribution >= 4 is 51.9 Å². The molecule has 1 aliphatic rings. The minimum atomic E-state index is 0.0195. The molecule has 1 aromatic carbocycles. The van der Waals surface area contributed by atoms with Crippen LogP contribution in [0.3, 0.4) is 0 Å². The topological polar surface area (TPSA) is 20.3 Å². The first kappa shape index (κ1) is 15.5. The van der Waals surface area contributed by atoms with Gasteiger partial charge in [0, 0.05) is 11.6 Å². The SMILES string of the molecule is CCCCCN1C(=O)/C(=C\c2ccc(Cl)cc2)SC1=S. The van der Waals surface area contributed by atoms with Gasteiger partial charge in [-0.3, -0.25) is 9.69 Å². The van der Waals surface area contributed by atoms with Crippen molar-refractivity contribution in [3.8, 4) is 0 Å². The van der Waals surface area contributed by atoms with E-state index in [4.69, 9.17) is 23.8 Å². The molecule has 0 atom stereocenters. The molecule has 1 fully saturated rings. The van der Waals surface area contributed by atoms with Crippen molar-refractivity contribution in [2.24, 2.45) is 0 Å². The smallest absolute Gasteiger partial charge is 0.266 e. The molecule has 0 spiro atoms. The highest BCUT2D eigenvalue weighted by molar-refractivity contribution is 8.26. The van der Waals surface area contributed by atoms with Crippen molar-refractivity contribution in [3.05, 3.63) is 39.8 Å². The van der Waals surface area contributed by atoms with Gasteiger partial charge in [-0.1, -0.05) is 67.5 Å². The van der Waals surface area contributed by atoms with Crippen LogP contribution in [0.5, 0.6) is 0 Å². The van der Waals surface area contributed by atoms with E-state index in [0.717, 1.165) is 31.4 Å². The van der Waals surface area contributed by atoms with Crippen molar-refractivity contribution in [2.45, 2.75) is 26.2 Å². The van der Waals surface area contributed by atoms with E-state index in [2.05, 4.69) is 6.92 Å². The lowest BCUT2D eigenvalue weighted by Gasteiger charge is -2.13. The van der Waals surface area contributed by atoms with E-state index in [1.54, 1.807) is 4.90 Å².